The van der Waals surface area contributed by atoms with E-state index >= 15 is 0 Å². The van der Waals surface area contributed by atoms with Crippen molar-refractivity contribution < 1.29 is 14.3 Å². The van der Waals surface area contributed by atoms with Gasteiger partial charge in [-0.3, -0.25) is 4.79 Å². The maximum atomic E-state index is 10.5. The smallest absolute Gasteiger partial charge is 0.150 e. The molecule has 0 atom stereocenters. The van der Waals surface area contributed by atoms with Gasteiger partial charge in [0, 0.05) is 16.2 Å². The highest BCUT2D eigenvalue weighted by Gasteiger charge is 1.97. The quantitative estimate of drug-likeness (QED) is 0.442. The number of rotatable bonds is 7. The van der Waals surface area contributed by atoms with Crippen molar-refractivity contribution in [2.24, 2.45) is 0 Å². The van der Waals surface area contributed by atoms with Gasteiger partial charge in [0.05, 0.1) is 13.7 Å². The maximum absolute atomic E-state index is 10.5. The van der Waals surface area contributed by atoms with Gasteiger partial charge in [0.1, 0.15) is 17.8 Å². The van der Waals surface area contributed by atoms with E-state index in [0.29, 0.717) is 12.2 Å². The first-order valence-electron chi connectivity index (χ1n) is 6.27. The van der Waals surface area contributed by atoms with Crippen molar-refractivity contribution >= 4 is 18.0 Å². The molecular weight excluding hydrogens is 272 g/mol. The summed E-state index contributed by atoms with van der Waals surface area (Å²) in [4.78, 5) is 11.7. The second kappa shape index (κ2) is 7.60. The van der Waals surface area contributed by atoms with E-state index in [1.165, 1.54) is 0 Å². The van der Waals surface area contributed by atoms with Crippen LogP contribution in [0.3, 0.4) is 0 Å². The van der Waals surface area contributed by atoms with Crippen LogP contribution >= 0.6 is 11.8 Å². The zero-order valence-electron chi connectivity index (χ0n) is 11.2. The highest BCUT2D eigenvalue weighted by atomic mass is 32.2. The first-order valence-corrected chi connectivity index (χ1v) is 7.25. The van der Waals surface area contributed by atoms with Gasteiger partial charge in [-0.05, 0) is 36.4 Å². The van der Waals surface area contributed by atoms with Gasteiger partial charge in [-0.15, -0.1) is 11.8 Å². The number of aldehydes is 1. The molecular formula is C16H16O3S. The molecule has 0 aromatic heterocycles. The molecule has 0 aliphatic heterocycles. The lowest BCUT2D eigenvalue weighted by atomic mass is 10.2. The molecule has 2 aromatic rings. The summed E-state index contributed by atoms with van der Waals surface area (Å²) in [5.74, 6) is 2.51. The van der Waals surface area contributed by atoms with Crippen LogP contribution in [0.1, 0.15) is 10.4 Å². The summed E-state index contributed by atoms with van der Waals surface area (Å²) in [7, 11) is 1.64. The van der Waals surface area contributed by atoms with Crippen molar-refractivity contribution in [3.05, 3.63) is 54.1 Å². The van der Waals surface area contributed by atoms with Crippen molar-refractivity contribution in [3.63, 3.8) is 0 Å². The van der Waals surface area contributed by atoms with Crippen LogP contribution in [-0.4, -0.2) is 25.8 Å². The fourth-order valence-corrected chi connectivity index (χ4v) is 2.36. The molecule has 0 radical (unpaired) electrons. The Balaban J connectivity index is 1.73. The van der Waals surface area contributed by atoms with Crippen LogP contribution in [0, 0.1) is 0 Å². The highest BCUT2D eigenvalue weighted by molar-refractivity contribution is 7.99. The topological polar surface area (TPSA) is 35.5 Å². The van der Waals surface area contributed by atoms with Crippen LogP contribution in [0.5, 0.6) is 11.5 Å². The van der Waals surface area contributed by atoms with Gasteiger partial charge in [0.25, 0.3) is 0 Å². The molecule has 0 heterocycles. The van der Waals surface area contributed by atoms with E-state index in [0.717, 1.165) is 28.4 Å². The molecule has 104 valence electrons. The van der Waals surface area contributed by atoms with Gasteiger partial charge in [-0.1, -0.05) is 12.1 Å². The molecule has 0 saturated heterocycles. The molecule has 3 nitrogen and oxygen atoms in total. The minimum atomic E-state index is 0.631. The molecule has 0 aliphatic carbocycles. The number of hydrogen-bond acceptors (Lipinski definition) is 4. The molecule has 0 aliphatic rings. The van der Waals surface area contributed by atoms with Crippen molar-refractivity contribution in [2.45, 2.75) is 4.90 Å². The third-order valence-electron chi connectivity index (χ3n) is 2.70. The van der Waals surface area contributed by atoms with Gasteiger partial charge >= 0.3 is 0 Å². The lowest BCUT2D eigenvalue weighted by Crippen LogP contribution is -1.99. The van der Waals surface area contributed by atoms with Crippen LogP contribution in [-0.2, 0) is 0 Å². The standard InChI is InChI=1S/C16H16O3S/c1-18-14-4-6-15(7-5-14)19-10-11-20-16-8-2-13(12-17)3-9-16/h2-9,12H,10-11H2,1H3. The predicted octanol–water partition coefficient (Wildman–Crippen LogP) is 3.68. The summed E-state index contributed by atoms with van der Waals surface area (Å²) >= 11 is 1.70. The molecule has 0 spiro atoms. The van der Waals surface area contributed by atoms with E-state index < -0.39 is 0 Å². The summed E-state index contributed by atoms with van der Waals surface area (Å²) < 4.78 is 10.7. The fourth-order valence-electron chi connectivity index (χ4n) is 1.63. The molecule has 0 bridgehead atoms. The first-order chi connectivity index (χ1) is 9.81. The minimum Gasteiger partial charge on any atom is -0.497 e. The number of thioether (sulfide) groups is 1. The molecule has 2 aromatic carbocycles. The van der Waals surface area contributed by atoms with E-state index in [1.54, 1.807) is 18.9 Å². The largest absolute Gasteiger partial charge is 0.497 e. The van der Waals surface area contributed by atoms with E-state index in [1.807, 2.05) is 48.5 Å². The number of methoxy groups -OCH3 is 1. The van der Waals surface area contributed by atoms with Crippen LogP contribution in [0.4, 0.5) is 0 Å². The summed E-state index contributed by atoms with van der Waals surface area (Å²) in [6.45, 7) is 0.631. The Bertz CT molecular complexity index is 535. The zero-order valence-corrected chi connectivity index (χ0v) is 12.1. The number of carbonyl (C=O) groups is 1. The molecule has 0 saturated carbocycles. The highest BCUT2D eigenvalue weighted by Crippen LogP contribution is 2.20. The summed E-state index contributed by atoms with van der Waals surface area (Å²) in [5.41, 5.74) is 0.698. The Hall–Kier alpha value is -1.94. The summed E-state index contributed by atoms with van der Waals surface area (Å²) in [6.07, 6.45) is 0.848. The lowest BCUT2D eigenvalue weighted by molar-refractivity contribution is 0.112. The summed E-state index contributed by atoms with van der Waals surface area (Å²) in [5, 5.41) is 0. The Morgan fingerprint density at radius 2 is 1.65 bits per heavy atom. The van der Waals surface area contributed by atoms with Gasteiger partial charge in [0.2, 0.25) is 0 Å². The van der Waals surface area contributed by atoms with Crippen molar-refractivity contribution in [3.8, 4) is 11.5 Å². The van der Waals surface area contributed by atoms with Gasteiger partial charge < -0.3 is 9.47 Å². The average molecular weight is 288 g/mol. The Morgan fingerprint density at radius 1 is 1.00 bits per heavy atom. The van der Waals surface area contributed by atoms with Crippen molar-refractivity contribution in [1.29, 1.82) is 0 Å². The van der Waals surface area contributed by atoms with Crippen molar-refractivity contribution in [2.75, 3.05) is 19.5 Å². The second-order valence-electron chi connectivity index (χ2n) is 4.06. The van der Waals surface area contributed by atoms with Gasteiger partial charge in [0.15, 0.2) is 0 Å². The monoisotopic (exact) mass is 288 g/mol. The van der Waals surface area contributed by atoms with Crippen LogP contribution < -0.4 is 9.47 Å². The minimum absolute atomic E-state index is 0.631. The molecule has 0 unspecified atom stereocenters. The molecule has 2 rings (SSSR count). The van der Waals surface area contributed by atoms with E-state index in [9.17, 15) is 4.79 Å². The lowest BCUT2D eigenvalue weighted by Gasteiger charge is -2.07. The number of carbonyl (C=O) groups excluding carboxylic acids is 1. The molecule has 0 N–H and O–H groups in total. The van der Waals surface area contributed by atoms with E-state index in [-0.39, 0.29) is 0 Å². The van der Waals surface area contributed by atoms with Crippen LogP contribution in [0.2, 0.25) is 0 Å². The zero-order chi connectivity index (χ0) is 14.2. The average Bonchev–Trinajstić information content (AvgIpc) is 2.53. The maximum Gasteiger partial charge on any atom is 0.150 e. The van der Waals surface area contributed by atoms with Crippen molar-refractivity contribution in [1.82, 2.24) is 0 Å². The van der Waals surface area contributed by atoms with Crippen LogP contribution in [0.25, 0.3) is 0 Å². The SMILES string of the molecule is COc1ccc(OCCSc2ccc(C=O)cc2)cc1. The molecule has 4 heteroatoms. The van der Waals surface area contributed by atoms with Gasteiger partial charge in [-0.25, -0.2) is 0 Å². The Morgan fingerprint density at radius 3 is 2.25 bits per heavy atom. The third-order valence-corrected chi connectivity index (χ3v) is 3.67. The second-order valence-corrected chi connectivity index (χ2v) is 5.23. The molecule has 0 fully saturated rings. The van der Waals surface area contributed by atoms with Crippen LogP contribution in [0.15, 0.2) is 53.4 Å². The summed E-state index contributed by atoms with van der Waals surface area (Å²) in [6, 6.07) is 15.1. The molecule has 20 heavy (non-hydrogen) atoms. The normalized spacial score (nSPS) is 10.1. The number of hydrogen-bond donors (Lipinski definition) is 0. The van der Waals surface area contributed by atoms with Gasteiger partial charge in [-0.2, -0.15) is 0 Å². The van der Waals surface area contributed by atoms with E-state index in [2.05, 4.69) is 0 Å². The number of ether oxygens (including phenoxy) is 2. The molecule has 0 amide bonds. The fraction of sp³-hybridized carbons (Fsp3) is 0.188. The third kappa shape index (κ3) is 4.31. The Kier molecular flexibility index (Phi) is 5.50. The number of benzene rings is 2. The first kappa shape index (κ1) is 14.5. The predicted molar refractivity (Wildman–Crippen MR) is 81.0 cm³/mol. The Labute approximate surface area is 122 Å². The van der Waals surface area contributed by atoms with E-state index in [4.69, 9.17) is 9.47 Å².